The summed E-state index contributed by atoms with van der Waals surface area (Å²) in [4.78, 5) is 23.2. The van der Waals surface area contributed by atoms with Gasteiger partial charge in [0.25, 0.3) is 0 Å². The van der Waals surface area contributed by atoms with Crippen LogP contribution in [0.2, 0.25) is 0 Å². The number of amides is 1. The zero-order valence-electron chi connectivity index (χ0n) is 19.0. The van der Waals surface area contributed by atoms with Crippen molar-refractivity contribution in [1.82, 2.24) is 15.3 Å². The number of nitrogens with one attached hydrogen (secondary N) is 2. The van der Waals surface area contributed by atoms with Gasteiger partial charge in [0, 0.05) is 38.1 Å². The smallest absolute Gasteiger partial charge is 0.407 e. The van der Waals surface area contributed by atoms with Crippen molar-refractivity contribution in [1.29, 1.82) is 0 Å². The molecule has 168 valence electrons. The lowest BCUT2D eigenvalue weighted by molar-refractivity contribution is 0.0497. The van der Waals surface area contributed by atoms with E-state index >= 15 is 0 Å². The molecule has 0 radical (unpaired) electrons. The molecular formula is C25H31N5O2. The monoisotopic (exact) mass is 433 g/mol. The molecule has 0 saturated carbocycles. The first-order valence-corrected chi connectivity index (χ1v) is 11.1. The molecule has 2 aromatic carbocycles. The number of nitrogens with zero attached hydrogens (tertiary/aromatic N) is 3. The predicted molar refractivity (Wildman–Crippen MR) is 128 cm³/mol. The molecule has 1 amide bonds. The van der Waals surface area contributed by atoms with E-state index < -0.39 is 5.60 Å². The normalized spacial score (nSPS) is 14.9. The highest BCUT2D eigenvalue weighted by Gasteiger charge is 2.24. The van der Waals surface area contributed by atoms with Crippen molar-refractivity contribution in [2.24, 2.45) is 0 Å². The Morgan fingerprint density at radius 3 is 2.53 bits per heavy atom. The molecular weight excluding hydrogens is 402 g/mol. The number of hydrogen-bond acceptors (Lipinski definition) is 6. The molecule has 2 N–H and O–H groups in total. The van der Waals surface area contributed by atoms with Gasteiger partial charge in [0.05, 0.1) is 22.4 Å². The number of aromatic nitrogens is 2. The Labute approximate surface area is 189 Å². The molecule has 0 bridgehead atoms. The maximum absolute atomic E-state index is 12.1. The lowest BCUT2D eigenvalue weighted by atomic mass is 10.0. The number of hydrogen-bond donors (Lipinski definition) is 2. The highest BCUT2D eigenvalue weighted by atomic mass is 16.6. The van der Waals surface area contributed by atoms with Crippen LogP contribution in [0.3, 0.4) is 0 Å². The van der Waals surface area contributed by atoms with E-state index in [1.807, 2.05) is 26.8 Å². The van der Waals surface area contributed by atoms with Gasteiger partial charge in [-0.25, -0.2) is 4.79 Å². The third kappa shape index (κ3) is 5.66. The van der Waals surface area contributed by atoms with Crippen molar-refractivity contribution in [2.75, 3.05) is 23.3 Å². The van der Waals surface area contributed by atoms with Crippen LogP contribution in [0.1, 0.15) is 39.2 Å². The number of ether oxygens (including phenoxy) is 1. The maximum Gasteiger partial charge on any atom is 0.407 e. The van der Waals surface area contributed by atoms with Crippen LogP contribution in [0.5, 0.6) is 0 Å². The van der Waals surface area contributed by atoms with Crippen LogP contribution >= 0.6 is 0 Å². The highest BCUT2D eigenvalue weighted by Crippen LogP contribution is 2.29. The third-order valence-electron chi connectivity index (χ3n) is 5.48. The summed E-state index contributed by atoms with van der Waals surface area (Å²) >= 11 is 0. The van der Waals surface area contributed by atoms with E-state index in [1.54, 1.807) is 12.4 Å². The topological polar surface area (TPSA) is 79.4 Å². The number of fused-ring (bicyclic) bond motifs is 1. The van der Waals surface area contributed by atoms with Gasteiger partial charge in [0.15, 0.2) is 0 Å². The average molecular weight is 434 g/mol. The number of benzene rings is 2. The SMILES string of the molecule is CC(C)(C)OC(=O)NC1CCN(c2ccccc2NCc2ccc3nccnc3c2)CC1. The third-order valence-corrected chi connectivity index (χ3v) is 5.48. The fourth-order valence-corrected chi connectivity index (χ4v) is 3.95. The Bertz CT molecular complexity index is 1070. The minimum atomic E-state index is -0.479. The molecule has 32 heavy (non-hydrogen) atoms. The van der Waals surface area contributed by atoms with Crippen molar-refractivity contribution < 1.29 is 9.53 Å². The standard InChI is InChI=1S/C25H31N5O2/c1-25(2,3)32-24(31)29-19-10-14-30(15-11-19)23-7-5-4-6-21(23)28-17-18-8-9-20-22(16-18)27-13-12-26-20/h4-9,12-13,16,19,28H,10-11,14-15,17H2,1-3H3,(H,29,31). The van der Waals surface area contributed by atoms with Crippen molar-refractivity contribution in [3.05, 3.63) is 60.4 Å². The van der Waals surface area contributed by atoms with E-state index in [0.717, 1.165) is 48.2 Å². The van der Waals surface area contributed by atoms with E-state index in [9.17, 15) is 4.79 Å². The molecule has 1 aliphatic rings. The number of carbonyl (C=O) groups excluding carboxylic acids is 1. The number of alkyl carbamates (subject to hydrolysis) is 1. The number of rotatable bonds is 5. The summed E-state index contributed by atoms with van der Waals surface area (Å²) in [7, 11) is 0. The van der Waals surface area contributed by atoms with Gasteiger partial charge in [-0.3, -0.25) is 9.97 Å². The van der Waals surface area contributed by atoms with Gasteiger partial charge in [-0.05, 0) is 63.4 Å². The lowest BCUT2D eigenvalue weighted by Crippen LogP contribution is -2.46. The molecule has 1 fully saturated rings. The summed E-state index contributed by atoms with van der Waals surface area (Å²) in [6, 6.07) is 14.7. The van der Waals surface area contributed by atoms with Crippen molar-refractivity contribution in [3.63, 3.8) is 0 Å². The Kier molecular flexibility index (Phi) is 6.44. The summed E-state index contributed by atoms with van der Waals surface area (Å²) in [6.07, 6.45) is 4.87. The van der Waals surface area contributed by atoms with E-state index in [2.05, 4.69) is 61.9 Å². The van der Waals surface area contributed by atoms with Crippen LogP contribution in [-0.2, 0) is 11.3 Å². The predicted octanol–water partition coefficient (Wildman–Crippen LogP) is 4.74. The molecule has 2 heterocycles. The molecule has 1 saturated heterocycles. The Balaban J connectivity index is 1.36. The molecule has 0 spiro atoms. The molecule has 7 heteroatoms. The molecule has 0 unspecified atom stereocenters. The van der Waals surface area contributed by atoms with Crippen LogP contribution in [0, 0.1) is 0 Å². The van der Waals surface area contributed by atoms with E-state index in [4.69, 9.17) is 4.74 Å². The zero-order valence-corrected chi connectivity index (χ0v) is 19.0. The van der Waals surface area contributed by atoms with Crippen molar-refractivity contribution >= 4 is 28.5 Å². The Morgan fingerprint density at radius 1 is 1.06 bits per heavy atom. The van der Waals surface area contributed by atoms with Gasteiger partial charge in [0.1, 0.15) is 5.60 Å². The summed E-state index contributed by atoms with van der Waals surface area (Å²) in [5, 5.41) is 6.59. The quantitative estimate of drug-likeness (QED) is 0.605. The largest absolute Gasteiger partial charge is 0.444 e. The molecule has 0 aliphatic carbocycles. The Hall–Kier alpha value is -3.35. The Morgan fingerprint density at radius 2 is 1.78 bits per heavy atom. The molecule has 1 aliphatic heterocycles. The first kappa shape index (κ1) is 21.9. The number of anilines is 2. The second-order valence-corrected chi connectivity index (χ2v) is 9.16. The lowest BCUT2D eigenvalue weighted by Gasteiger charge is -2.35. The molecule has 7 nitrogen and oxygen atoms in total. The second kappa shape index (κ2) is 9.42. The fourth-order valence-electron chi connectivity index (χ4n) is 3.95. The van der Waals surface area contributed by atoms with Gasteiger partial charge in [0.2, 0.25) is 0 Å². The van der Waals surface area contributed by atoms with E-state index in [0.29, 0.717) is 6.54 Å². The molecule has 0 atom stereocenters. The number of carbonyl (C=O) groups is 1. The first-order chi connectivity index (χ1) is 15.4. The van der Waals surface area contributed by atoms with Crippen LogP contribution in [0.15, 0.2) is 54.9 Å². The van der Waals surface area contributed by atoms with Crippen LogP contribution in [-0.4, -0.2) is 40.8 Å². The van der Waals surface area contributed by atoms with Gasteiger partial charge < -0.3 is 20.3 Å². The van der Waals surface area contributed by atoms with Crippen LogP contribution in [0.4, 0.5) is 16.2 Å². The van der Waals surface area contributed by atoms with Gasteiger partial charge >= 0.3 is 6.09 Å². The average Bonchev–Trinajstić information content (AvgIpc) is 2.77. The van der Waals surface area contributed by atoms with Gasteiger partial charge in [-0.15, -0.1) is 0 Å². The van der Waals surface area contributed by atoms with Crippen LogP contribution in [0.25, 0.3) is 11.0 Å². The molecule has 1 aromatic heterocycles. The minimum absolute atomic E-state index is 0.139. The fraction of sp³-hybridized carbons (Fsp3) is 0.400. The van der Waals surface area contributed by atoms with Crippen LogP contribution < -0.4 is 15.5 Å². The number of para-hydroxylation sites is 2. The zero-order chi connectivity index (χ0) is 22.6. The molecule has 3 aromatic rings. The number of piperidine rings is 1. The van der Waals surface area contributed by atoms with E-state index in [-0.39, 0.29) is 12.1 Å². The minimum Gasteiger partial charge on any atom is -0.444 e. The van der Waals surface area contributed by atoms with Crippen molar-refractivity contribution in [3.8, 4) is 0 Å². The summed E-state index contributed by atoms with van der Waals surface area (Å²) in [6.45, 7) is 8.11. The highest BCUT2D eigenvalue weighted by molar-refractivity contribution is 5.75. The van der Waals surface area contributed by atoms with E-state index in [1.165, 1.54) is 5.69 Å². The summed E-state index contributed by atoms with van der Waals surface area (Å²) in [5.41, 5.74) is 4.77. The summed E-state index contributed by atoms with van der Waals surface area (Å²) in [5.74, 6) is 0. The maximum atomic E-state index is 12.1. The van der Waals surface area contributed by atoms with Crippen molar-refractivity contribution in [2.45, 2.75) is 51.8 Å². The molecule has 4 rings (SSSR count). The first-order valence-electron chi connectivity index (χ1n) is 11.1. The van der Waals surface area contributed by atoms with Gasteiger partial charge in [-0.2, -0.15) is 0 Å². The second-order valence-electron chi connectivity index (χ2n) is 9.16. The van der Waals surface area contributed by atoms with Gasteiger partial charge in [-0.1, -0.05) is 18.2 Å². The summed E-state index contributed by atoms with van der Waals surface area (Å²) < 4.78 is 5.39.